The third-order valence-electron chi connectivity index (χ3n) is 7.81. The highest BCUT2D eigenvalue weighted by Gasteiger charge is 2.23. The lowest BCUT2D eigenvalue weighted by molar-refractivity contribution is -0.119. The average Bonchev–Trinajstić information content (AvgIpc) is 3.69. The van der Waals surface area contributed by atoms with E-state index in [9.17, 15) is 19.2 Å². The second kappa shape index (κ2) is 8.91. The molecule has 6 heterocycles. The lowest BCUT2D eigenvalue weighted by Crippen LogP contribution is -2.22. The summed E-state index contributed by atoms with van der Waals surface area (Å²) in [5, 5.41) is 9.74. The maximum Gasteiger partial charge on any atom is 0.264 e. The van der Waals surface area contributed by atoms with Gasteiger partial charge >= 0.3 is 0 Å². The highest BCUT2D eigenvalue weighted by Crippen LogP contribution is 2.38. The van der Waals surface area contributed by atoms with Gasteiger partial charge < -0.3 is 10.6 Å². The molecule has 2 aromatic carbocycles. The zero-order valence-corrected chi connectivity index (χ0v) is 24.2. The van der Waals surface area contributed by atoms with E-state index >= 15 is 0 Å². The molecule has 0 saturated carbocycles. The SMILES string of the molecule is CC(=O)NCCc1cc2c(nc3c4ccc5c(=O)n6c7cc(CCNC(C)=O)sc7nc6c6ccc(c(=O)n23)c4c56)s1. The van der Waals surface area contributed by atoms with Crippen LogP contribution < -0.4 is 21.8 Å². The fraction of sp³-hybridized carbons (Fsp3) is 0.200. The Bertz CT molecular complexity index is 2360. The Morgan fingerprint density at radius 1 is 0.690 bits per heavy atom. The zero-order chi connectivity index (χ0) is 28.9. The number of amides is 2. The number of fused-ring (bicyclic) bond motifs is 8. The molecule has 0 aliphatic heterocycles. The van der Waals surface area contributed by atoms with Crippen LogP contribution >= 0.6 is 22.7 Å². The van der Waals surface area contributed by atoms with E-state index < -0.39 is 0 Å². The fourth-order valence-electron chi connectivity index (χ4n) is 6.05. The fourth-order valence-corrected chi connectivity index (χ4v) is 8.07. The summed E-state index contributed by atoms with van der Waals surface area (Å²) in [6, 6.07) is 11.4. The van der Waals surface area contributed by atoms with Crippen molar-refractivity contribution in [3.05, 3.63) is 66.9 Å². The maximum absolute atomic E-state index is 13.9. The number of nitrogens with zero attached hydrogens (tertiary/aromatic N) is 4. The molecule has 6 aromatic heterocycles. The average molecular weight is 595 g/mol. The molecular weight excluding hydrogens is 573 g/mol. The number of nitrogens with one attached hydrogen (secondary N) is 2. The van der Waals surface area contributed by atoms with Gasteiger partial charge in [-0.15, -0.1) is 22.7 Å². The third-order valence-corrected chi connectivity index (χ3v) is 9.97. The van der Waals surface area contributed by atoms with E-state index in [1.807, 2.05) is 36.4 Å². The first kappa shape index (κ1) is 25.1. The van der Waals surface area contributed by atoms with Crippen molar-refractivity contribution < 1.29 is 9.59 Å². The Morgan fingerprint density at radius 3 is 1.50 bits per heavy atom. The Hall–Kier alpha value is -4.68. The lowest BCUT2D eigenvalue weighted by Gasteiger charge is -2.12. The first-order valence-electron chi connectivity index (χ1n) is 13.5. The number of thiophene rings is 2. The minimum absolute atomic E-state index is 0.0774. The van der Waals surface area contributed by atoms with Gasteiger partial charge in [0.1, 0.15) is 21.0 Å². The van der Waals surface area contributed by atoms with Gasteiger partial charge in [0.15, 0.2) is 0 Å². The van der Waals surface area contributed by atoms with Gasteiger partial charge in [-0.05, 0) is 49.2 Å². The van der Waals surface area contributed by atoms with Gasteiger partial charge in [-0.2, -0.15) is 0 Å². The van der Waals surface area contributed by atoms with Crippen LogP contribution in [0.25, 0.3) is 64.3 Å². The number of hydrogen-bond donors (Lipinski definition) is 2. The van der Waals surface area contributed by atoms with Crippen LogP contribution in [0.1, 0.15) is 23.6 Å². The lowest BCUT2D eigenvalue weighted by atomic mass is 9.96. The Kier molecular flexibility index (Phi) is 5.32. The summed E-state index contributed by atoms with van der Waals surface area (Å²) in [6.45, 7) is 4.02. The van der Waals surface area contributed by atoms with Crippen molar-refractivity contribution in [1.82, 2.24) is 29.4 Å². The van der Waals surface area contributed by atoms with Crippen LogP contribution in [-0.4, -0.2) is 43.7 Å². The van der Waals surface area contributed by atoms with E-state index in [1.165, 1.54) is 36.5 Å². The first-order valence-corrected chi connectivity index (χ1v) is 15.1. The molecule has 42 heavy (non-hydrogen) atoms. The Labute approximate surface area is 243 Å². The molecule has 0 atom stereocenters. The van der Waals surface area contributed by atoms with Crippen LogP contribution in [0.4, 0.5) is 0 Å². The summed E-state index contributed by atoms with van der Waals surface area (Å²) < 4.78 is 3.33. The van der Waals surface area contributed by atoms with Crippen LogP contribution in [0.15, 0.2) is 46.0 Å². The van der Waals surface area contributed by atoms with E-state index in [4.69, 9.17) is 9.97 Å². The van der Waals surface area contributed by atoms with Gasteiger partial charge in [0.05, 0.1) is 11.0 Å². The smallest absolute Gasteiger partial charge is 0.264 e. The van der Waals surface area contributed by atoms with Gasteiger partial charge in [0.25, 0.3) is 11.1 Å². The number of benzene rings is 2. The number of hydrogen-bond acceptors (Lipinski definition) is 8. The molecule has 10 nitrogen and oxygen atoms in total. The van der Waals surface area contributed by atoms with Crippen LogP contribution in [0, 0.1) is 0 Å². The second-order valence-corrected chi connectivity index (χ2v) is 12.7. The molecule has 0 aliphatic rings. The largest absolute Gasteiger partial charge is 0.356 e. The van der Waals surface area contributed by atoms with Crippen LogP contribution in [-0.2, 0) is 22.4 Å². The highest BCUT2D eigenvalue weighted by molar-refractivity contribution is 7.19. The zero-order valence-electron chi connectivity index (χ0n) is 22.5. The summed E-state index contributed by atoms with van der Waals surface area (Å²) in [6.07, 6.45) is 1.32. The summed E-state index contributed by atoms with van der Waals surface area (Å²) in [4.78, 5) is 63.7. The summed E-state index contributed by atoms with van der Waals surface area (Å²) in [5.41, 5.74) is 2.27. The maximum atomic E-state index is 13.9. The number of aromatic nitrogens is 4. The molecule has 0 spiro atoms. The number of carbonyl (C=O) groups is 2. The van der Waals surface area contributed by atoms with E-state index in [2.05, 4.69) is 10.6 Å². The van der Waals surface area contributed by atoms with Crippen molar-refractivity contribution in [3.8, 4) is 0 Å². The predicted octanol–water partition coefficient (Wildman–Crippen LogP) is 3.82. The minimum atomic E-state index is -0.180. The summed E-state index contributed by atoms with van der Waals surface area (Å²) in [7, 11) is 0. The van der Waals surface area contributed by atoms with Gasteiger partial charge in [-0.25, -0.2) is 9.97 Å². The van der Waals surface area contributed by atoms with Crippen molar-refractivity contribution in [2.45, 2.75) is 26.7 Å². The van der Waals surface area contributed by atoms with Crippen LogP contribution in [0.3, 0.4) is 0 Å². The summed E-state index contributed by atoms with van der Waals surface area (Å²) >= 11 is 3.03. The molecule has 0 radical (unpaired) electrons. The molecule has 208 valence electrons. The molecule has 2 N–H and O–H groups in total. The van der Waals surface area contributed by atoms with Gasteiger partial charge in [0.2, 0.25) is 11.8 Å². The monoisotopic (exact) mass is 594 g/mol. The number of carbonyl (C=O) groups excluding carboxylic acids is 2. The molecule has 2 amide bonds. The quantitative estimate of drug-likeness (QED) is 0.282. The van der Waals surface area contributed by atoms with E-state index in [0.717, 1.165) is 52.0 Å². The molecule has 0 fully saturated rings. The topological polar surface area (TPSA) is 127 Å². The molecule has 0 aliphatic carbocycles. The minimum Gasteiger partial charge on any atom is -0.356 e. The molecule has 12 heteroatoms. The van der Waals surface area contributed by atoms with E-state index in [0.29, 0.717) is 48.0 Å². The Balaban J connectivity index is 1.34. The Morgan fingerprint density at radius 2 is 1.10 bits per heavy atom. The van der Waals surface area contributed by atoms with E-state index in [-0.39, 0.29) is 22.9 Å². The molecular formula is C30H22N6O4S2. The van der Waals surface area contributed by atoms with Gasteiger partial charge in [-0.3, -0.25) is 28.0 Å². The van der Waals surface area contributed by atoms with Gasteiger partial charge in [-0.1, -0.05) is 0 Å². The van der Waals surface area contributed by atoms with Crippen LogP contribution in [0.2, 0.25) is 0 Å². The number of imidazole rings is 2. The highest BCUT2D eigenvalue weighted by atomic mass is 32.1. The number of rotatable bonds is 6. The number of pyridine rings is 2. The van der Waals surface area contributed by atoms with Crippen molar-refractivity contribution in [1.29, 1.82) is 0 Å². The predicted molar refractivity (Wildman–Crippen MR) is 167 cm³/mol. The van der Waals surface area contributed by atoms with Crippen molar-refractivity contribution in [2.75, 3.05) is 13.1 Å². The molecule has 0 saturated heterocycles. The van der Waals surface area contributed by atoms with Crippen molar-refractivity contribution >= 4 is 98.8 Å². The third kappa shape index (κ3) is 3.48. The van der Waals surface area contributed by atoms with Gasteiger partial charge in [0, 0.05) is 69.0 Å². The summed E-state index contributed by atoms with van der Waals surface area (Å²) in [5.74, 6) is -0.155. The van der Waals surface area contributed by atoms with Crippen molar-refractivity contribution in [3.63, 3.8) is 0 Å². The standard InChI is InChI=1S/C30H22N6O4S2/c1-13(37)31-9-7-15-11-21-27(41-15)33-25-17-3-6-20-24-18(4-5-19(23(17)24)29(39)35(21)25)26-34-28-22(36(26)30(20)40)12-16(42-28)8-10-32-14(2)38/h3-6,11-12H,7-10H2,1-2H3,(H,31,37)(H,32,38). The van der Waals surface area contributed by atoms with Crippen LogP contribution in [0.5, 0.6) is 0 Å². The normalized spacial score (nSPS) is 12.3. The van der Waals surface area contributed by atoms with E-state index in [1.54, 1.807) is 8.80 Å². The second-order valence-electron chi connectivity index (χ2n) is 10.5. The molecule has 0 unspecified atom stereocenters. The molecule has 0 bridgehead atoms. The van der Waals surface area contributed by atoms with Crippen molar-refractivity contribution in [2.24, 2.45) is 0 Å². The first-order chi connectivity index (χ1) is 20.3. The molecule has 8 rings (SSSR count). The molecule has 8 aromatic rings.